The second-order valence-electron chi connectivity index (χ2n) is 22.6. The van der Waals surface area contributed by atoms with Crippen molar-refractivity contribution in [1.29, 1.82) is 0 Å². The van der Waals surface area contributed by atoms with Gasteiger partial charge >= 0.3 is 0 Å². The zero-order valence-electron chi connectivity index (χ0n) is 46.0. The van der Waals surface area contributed by atoms with Gasteiger partial charge in [-0.15, -0.1) is 0 Å². The minimum Gasteiger partial charge on any atom is -0.310 e. The van der Waals surface area contributed by atoms with Crippen LogP contribution in [-0.2, 0) is 0 Å². The Bertz CT molecular complexity index is 4850. The number of para-hydroxylation sites is 2. The van der Waals surface area contributed by atoms with Crippen LogP contribution in [0.15, 0.2) is 313 Å². The smallest absolute Gasteiger partial charge is 0.249 e. The van der Waals surface area contributed by atoms with E-state index in [4.69, 9.17) is 0 Å². The van der Waals surface area contributed by atoms with Gasteiger partial charge in [0, 0.05) is 54.7 Å². The molecule has 14 aromatic rings. The molecule has 1 aromatic heterocycles. The van der Waals surface area contributed by atoms with Crippen LogP contribution in [0, 0.1) is 0 Å². The van der Waals surface area contributed by atoms with E-state index in [1.54, 1.807) is 0 Å². The van der Waals surface area contributed by atoms with Crippen LogP contribution in [0.25, 0.3) is 105 Å². The Morgan fingerprint density at radius 3 is 1.46 bits per heavy atom. The second kappa shape index (κ2) is 19.8. The summed E-state index contributed by atoms with van der Waals surface area (Å²) in [5, 5.41) is 7.43. The van der Waals surface area contributed by atoms with Crippen LogP contribution >= 0.6 is 11.8 Å². The molecule has 84 heavy (non-hydrogen) atoms. The molecule has 2 nitrogen and oxygen atoms in total. The Morgan fingerprint density at radius 2 is 0.893 bits per heavy atom. The standard InChI is InChI=1S/C80H53BN2S/c1-6-24-52(25-7-1)57-43-45-75-70(48-57)81-69-44-42-58(78-65-38-18-16-36-63(65)77(56-32-14-5-15-33-56)64-37-17-19-39-66(64)78)49-73(69)83(74-50-60(51-76(84-75)79(74)81)82-71-40-22-20-34-61(71)62-35-21-23-41-72(62)82)80-67(54-28-10-3-11-29-54)46-59(53-26-8-2-9-27-53)47-68(80)55-30-12-4-13-31-55/h1-24,26-52H,25H2. The first-order valence-electron chi connectivity index (χ1n) is 29.3. The first-order chi connectivity index (χ1) is 41.7. The Morgan fingerprint density at radius 1 is 0.369 bits per heavy atom. The highest BCUT2D eigenvalue weighted by atomic mass is 32.2. The predicted octanol–water partition coefficient (Wildman–Crippen LogP) is 19.8. The van der Waals surface area contributed by atoms with Crippen LogP contribution in [0.4, 0.5) is 17.1 Å². The number of benzene rings is 13. The molecule has 3 aliphatic rings. The molecule has 0 saturated carbocycles. The van der Waals surface area contributed by atoms with E-state index in [0.717, 1.165) is 40.0 Å². The lowest BCUT2D eigenvalue weighted by atomic mass is 9.34. The summed E-state index contributed by atoms with van der Waals surface area (Å²) < 4.78 is 2.52. The third-order valence-electron chi connectivity index (χ3n) is 17.9. The summed E-state index contributed by atoms with van der Waals surface area (Å²) in [7, 11) is 0. The molecule has 17 rings (SSSR count). The summed E-state index contributed by atoms with van der Waals surface area (Å²) in [5.74, 6) is 0.302. The number of allylic oxidation sites excluding steroid dienone is 4. The number of anilines is 3. The Kier molecular flexibility index (Phi) is 11.5. The van der Waals surface area contributed by atoms with Gasteiger partial charge in [0.2, 0.25) is 6.71 Å². The summed E-state index contributed by atoms with van der Waals surface area (Å²) in [6, 6.07) is 105. The summed E-state index contributed by atoms with van der Waals surface area (Å²) in [5.41, 5.74) is 24.2. The van der Waals surface area contributed by atoms with Gasteiger partial charge in [0.25, 0.3) is 0 Å². The van der Waals surface area contributed by atoms with Gasteiger partial charge in [0.15, 0.2) is 0 Å². The molecule has 0 amide bonds. The SMILES string of the molecule is C1=CCC(c2ccc3c(c2)B2c4ccc(-c5c6ccccc6c(-c6ccccc6)c6ccccc56)cc4N(c4c(-c5ccccc5)cc(-c5ccccc5)cc4-c4ccccc4)c4cc(-n5c6ccccc6c6ccccc65)cc(c42)S3)C=C1. The van der Waals surface area contributed by atoms with Crippen LogP contribution in [0.5, 0.6) is 0 Å². The molecule has 0 saturated heterocycles. The highest BCUT2D eigenvalue weighted by molar-refractivity contribution is 8.00. The maximum atomic E-state index is 2.71. The average Bonchev–Trinajstić information content (AvgIpc) is 0.946. The minimum atomic E-state index is -0.0697. The summed E-state index contributed by atoms with van der Waals surface area (Å²) in [6.45, 7) is -0.0697. The number of hydrogen-bond acceptors (Lipinski definition) is 2. The van der Waals surface area contributed by atoms with Crippen LogP contribution < -0.4 is 21.3 Å². The van der Waals surface area contributed by atoms with E-state index in [2.05, 4.69) is 313 Å². The van der Waals surface area contributed by atoms with Gasteiger partial charge in [0.05, 0.1) is 16.7 Å². The highest BCUT2D eigenvalue weighted by Crippen LogP contribution is 2.53. The molecular weight excluding hydrogens is 1030 g/mol. The van der Waals surface area contributed by atoms with Crippen LogP contribution in [-0.4, -0.2) is 11.3 Å². The molecule has 1 unspecified atom stereocenters. The fraction of sp³-hybridized carbons (Fsp3) is 0.0250. The minimum absolute atomic E-state index is 0.0697. The number of rotatable bonds is 8. The first kappa shape index (κ1) is 48.6. The van der Waals surface area contributed by atoms with E-state index < -0.39 is 0 Å². The van der Waals surface area contributed by atoms with Crippen molar-refractivity contribution in [1.82, 2.24) is 4.57 Å². The Labute approximate surface area is 494 Å². The Hall–Kier alpha value is -10.1. The molecule has 4 heteroatoms. The fourth-order valence-corrected chi connectivity index (χ4v) is 15.4. The van der Waals surface area contributed by atoms with Gasteiger partial charge in [-0.2, -0.15) is 0 Å². The van der Waals surface area contributed by atoms with Gasteiger partial charge in [-0.3, -0.25) is 0 Å². The molecule has 1 atom stereocenters. The van der Waals surface area contributed by atoms with E-state index >= 15 is 0 Å². The zero-order chi connectivity index (χ0) is 55.2. The Balaban J connectivity index is 1.03. The maximum Gasteiger partial charge on any atom is 0.249 e. The van der Waals surface area contributed by atoms with Crippen molar-refractivity contribution >= 4 is 95.3 Å². The van der Waals surface area contributed by atoms with Gasteiger partial charge in [0.1, 0.15) is 0 Å². The molecule has 0 N–H and O–H groups in total. The van der Waals surface area contributed by atoms with Crippen molar-refractivity contribution in [2.45, 2.75) is 22.1 Å². The quantitative estimate of drug-likeness (QED) is 0.111. The van der Waals surface area contributed by atoms with Crippen LogP contribution in [0.1, 0.15) is 17.9 Å². The fourth-order valence-electron chi connectivity index (χ4n) is 14.2. The van der Waals surface area contributed by atoms with Crippen LogP contribution in [0.2, 0.25) is 0 Å². The molecule has 0 bridgehead atoms. The number of hydrogen-bond donors (Lipinski definition) is 0. The van der Waals surface area contributed by atoms with Crippen molar-refractivity contribution in [3.63, 3.8) is 0 Å². The molecular formula is C80H53BN2S. The van der Waals surface area contributed by atoms with E-state index in [1.807, 2.05) is 11.8 Å². The van der Waals surface area contributed by atoms with Crippen molar-refractivity contribution in [2.75, 3.05) is 4.90 Å². The molecule has 0 spiro atoms. The number of aromatic nitrogens is 1. The first-order valence-corrected chi connectivity index (χ1v) is 30.1. The van der Waals surface area contributed by atoms with Crippen molar-refractivity contribution in [3.05, 3.63) is 309 Å². The molecule has 0 radical (unpaired) electrons. The second-order valence-corrected chi connectivity index (χ2v) is 23.7. The summed E-state index contributed by atoms with van der Waals surface area (Å²) >= 11 is 1.93. The number of fused-ring (bicyclic) bond motifs is 9. The predicted molar refractivity (Wildman–Crippen MR) is 359 cm³/mol. The summed E-state index contributed by atoms with van der Waals surface area (Å²) in [6.07, 6.45) is 10.1. The zero-order valence-corrected chi connectivity index (χ0v) is 46.8. The molecule has 13 aromatic carbocycles. The van der Waals surface area contributed by atoms with Gasteiger partial charge in [-0.25, -0.2) is 0 Å². The third-order valence-corrected chi connectivity index (χ3v) is 19.1. The summed E-state index contributed by atoms with van der Waals surface area (Å²) in [4.78, 5) is 5.28. The monoisotopic (exact) mass is 1080 g/mol. The molecule has 3 heterocycles. The van der Waals surface area contributed by atoms with E-state index in [0.29, 0.717) is 5.92 Å². The van der Waals surface area contributed by atoms with Crippen LogP contribution in [0.3, 0.4) is 0 Å². The molecule has 392 valence electrons. The highest BCUT2D eigenvalue weighted by Gasteiger charge is 2.43. The largest absolute Gasteiger partial charge is 0.310 e. The average molecular weight is 1090 g/mol. The lowest BCUT2D eigenvalue weighted by Crippen LogP contribution is -2.60. The number of nitrogens with zero attached hydrogens (tertiary/aromatic N) is 2. The van der Waals surface area contributed by atoms with Crippen molar-refractivity contribution in [3.8, 4) is 61.3 Å². The topological polar surface area (TPSA) is 8.17 Å². The molecule has 1 aliphatic carbocycles. The normalized spacial score (nSPS) is 14.1. The lowest BCUT2D eigenvalue weighted by molar-refractivity contribution is 0.853. The third kappa shape index (κ3) is 7.75. The molecule has 2 aliphatic heterocycles. The van der Waals surface area contributed by atoms with E-state index in [1.165, 1.54) is 120 Å². The van der Waals surface area contributed by atoms with E-state index in [9.17, 15) is 0 Å². The lowest BCUT2D eigenvalue weighted by Gasteiger charge is -2.42. The van der Waals surface area contributed by atoms with Crippen molar-refractivity contribution in [2.24, 2.45) is 0 Å². The van der Waals surface area contributed by atoms with E-state index in [-0.39, 0.29) is 6.71 Å². The van der Waals surface area contributed by atoms with Gasteiger partial charge in [-0.05, 0) is 137 Å². The van der Waals surface area contributed by atoms with Gasteiger partial charge < -0.3 is 9.47 Å². The maximum absolute atomic E-state index is 2.71. The molecule has 0 fully saturated rings. The van der Waals surface area contributed by atoms with Crippen molar-refractivity contribution < 1.29 is 0 Å². The van der Waals surface area contributed by atoms with Gasteiger partial charge in [-0.1, -0.05) is 272 Å².